The number of amides is 1. The van der Waals surface area contributed by atoms with Crippen molar-refractivity contribution in [3.63, 3.8) is 0 Å². The summed E-state index contributed by atoms with van der Waals surface area (Å²) in [6.07, 6.45) is 1.65. The zero-order valence-electron chi connectivity index (χ0n) is 15.7. The lowest BCUT2D eigenvalue weighted by Crippen LogP contribution is -2.13. The molecule has 0 spiro atoms. The maximum Gasteiger partial charge on any atom is 0.274 e. The van der Waals surface area contributed by atoms with Crippen LogP contribution in [0.3, 0.4) is 0 Å². The summed E-state index contributed by atoms with van der Waals surface area (Å²) in [4.78, 5) is 16.6. The van der Waals surface area contributed by atoms with Crippen LogP contribution in [0.4, 0.5) is 17.1 Å². The summed E-state index contributed by atoms with van der Waals surface area (Å²) in [5.74, 6) is 0.986. The molecular weight excluding hydrogens is 338 g/mol. The Balaban J connectivity index is 1.62. The van der Waals surface area contributed by atoms with Gasteiger partial charge in [-0.05, 0) is 60.0 Å². The van der Waals surface area contributed by atoms with Gasteiger partial charge in [-0.1, -0.05) is 26.0 Å². The van der Waals surface area contributed by atoms with Crippen molar-refractivity contribution in [1.82, 2.24) is 4.98 Å². The maximum absolute atomic E-state index is 12.3. The molecule has 0 fully saturated rings. The molecule has 0 bridgehead atoms. The zero-order chi connectivity index (χ0) is 19.2. The molecule has 1 amide bonds. The van der Waals surface area contributed by atoms with Gasteiger partial charge in [-0.25, -0.2) is 4.98 Å². The molecular formula is C22H23N3O2. The van der Waals surface area contributed by atoms with Crippen molar-refractivity contribution < 1.29 is 9.53 Å². The van der Waals surface area contributed by atoms with Crippen molar-refractivity contribution in [3.8, 4) is 5.75 Å². The van der Waals surface area contributed by atoms with Crippen LogP contribution in [0.15, 0.2) is 66.9 Å². The van der Waals surface area contributed by atoms with E-state index in [1.807, 2.05) is 18.2 Å². The first-order valence-corrected chi connectivity index (χ1v) is 8.83. The van der Waals surface area contributed by atoms with Crippen LogP contribution in [-0.2, 0) is 0 Å². The molecule has 0 saturated heterocycles. The summed E-state index contributed by atoms with van der Waals surface area (Å²) >= 11 is 0. The van der Waals surface area contributed by atoms with Crippen molar-refractivity contribution >= 4 is 23.0 Å². The Morgan fingerprint density at radius 1 is 0.889 bits per heavy atom. The van der Waals surface area contributed by atoms with Crippen LogP contribution in [-0.4, -0.2) is 18.0 Å². The number of ether oxygens (including phenoxy) is 1. The van der Waals surface area contributed by atoms with Crippen molar-refractivity contribution in [2.45, 2.75) is 19.8 Å². The molecule has 1 aromatic heterocycles. The summed E-state index contributed by atoms with van der Waals surface area (Å²) in [6.45, 7) is 4.34. The SMILES string of the molecule is COc1ccc(NC(=O)c2ccc(Nc3ccc(C(C)C)cc3)cn2)cc1. The van der Waals surface area contributed by atoms with Gasteiger partial charge in [0.25, 0.3) is 5.91 Å². The minimum absolute atomic E-state index is 0.256. The molecule has 3 rings (SSSR count). The fourth-order valence-corrected chi connectivity index (χ4v) is 2.59. The second-order valence-electron chi connectivity index (χ2n) is 6.52. The van der Waals surface area contributed by atoms with Gasteiger partial charge in [0.1, 0.15) is 11.4 Å². The number of methoxy groups -OCH3 is 1. The molecule has 0 aliphatic rings. The highest BCUT2D eigenvalue weighted by atomic mass is 16.5. The number of benzene rings is 2. The van der Waals surface area contributed by atoms with Crippen LogP contribution in [0.1, 0.15) is 35.8 Å². The second kappa shape index (κ2) is 8.36. The van der Waals surface area contributed by atoms with E-state index in [9.17, 15) is 4.79 Å². The maximum atomic E-state index is 12.3. The van der Waals surface area contributed by atoms with Gasteiger partial charge in [0.2, 0.25) is 0 Å². The highest BCUT2D eigenvalue weighted by Gasteiger charge is 2.08. The normalized spacial score (nSPS) is 10.5. The molecule has 5 nitrogen and oxygen atoms in total. The van der Waals surface area contributed by atoms with Crippen LogP contribution < -0.4 is 15.4 Å². The van der Waals surface area contributed by atoms with E-state index in [1.165, 1.54) is 5.56 Å². The van der Waals surface area contributed by atoms with Gasteiger partial charge in [-0.15, -0.1) is 0 Å². The second-order valence-corrected chi connectivity index (χ2v) is 6.52. The third kappa shape index (κ3) is 4.85. The van der Waals surface area contributed by atoms with E-state index < -0.39 is 0 Å². The monoisotopic (exact) mass is 361 g/mol. The standard InChI is InChI=1S/C22H23N3O2/c1-15(2)16-4-6-17(7-5-16)24-19-10-13-21(23-14-19)22(26)25-18-8-11-20(27-3)12-9-18/h4-15,24H,1-3H3,(H,25,26). The van der Waals surface area contributed by atoms with E-state index in [0.717, 1.165) is 17.1 Å². The fraction of sp³-hybridized carbons (Fsp3) is 0.182. The van der Waals surface area contributed by atoms with E-state index in [-0.39, 0.29) is 5.91 Å². The molecule has 0 atom stereocenters. The predicted octanol–water partition coefficient (Wildman–Crippen LogP) is 5.21. The van der Waals surface area contributed by atoms with Crippen LogP contribution >= 0.6 is 0 Å². The Kier molecular flexibility index (Phi) is 5.71. The number of hydrogen-bond donors (Lipinski definition) is 2. The molecule has 0 saturated carbocycles. The van der Waals surface area contributed by atoms with Gasteiger partial charge in [0.05, 0.1) is 19.0 Å². The molecule has 0 unspecified atom stereocenters. The van der Waals surface area contributed by atoms with Crippen molar-refractivity contribution in [2.75, 3.05) is 17.7 Å². The molecule has 5 heteroatoms. The lowest BCUT2D eigenvalue weighted by Gasteiger charge is -2.10. The topological polar surface area (TPSA) is 63.2 Å². The highest BCUT2D eigenvalue weighted by Crippen LogP contribution is 2.21. The van der Waals surface area contributed by atoms with Crippen molar-refractivity contribution in [1.29, 1.82) is 0 Å². The zero-order valence-corrected chi connectivity index (χ0v) is 15.7. The van der Waals surface area contributed by atoms with Crippen molar-refractivity contribution in [3.05, 3.63) is 78.1 Å². The Hall–Kier alpha value is -3.34. The van der Waals surface area contributed by atoms with E-state index in [1.54, 1.807) is 43.6 Å². The lowest BCUT2D eigenvalue weighted by atomic mass is 10.0. The number of hydrogen-bond acceptors (Lipinski definition) is 4. The first-order valence-electron chi connectivity index (χ1n) is 8.83. The molecule has 138 valence electrons. The average Bonchev–Trinajstić information content (AvgIpc) is 2.69. The number of carbonyl (C=O) groups is 1. The molecule has 2 N–H and O–H groups in total. The lowest BCUT2D eigenvalue weighted by molar-refractivity contribution is 0.102. The Bertz CT molecular complexity index is 886. The number of aromatic nitrogens is 1. The van der Waals surface area contributed by atoms with Crippen molar-refractivity contribution in [2.24, 2.45) is 0 Å². The van der Waals surface area contributed by atoms with E-state index in [0.29, 0.717) is 17.3 Å². The molecule has 0 aliphatic carbocycles. The molecule has 3 aromatic rings. The number of anilines is 3. The van der Waals surface area contributed by atoms with Gasteiger partial charge in [0, 0.05) is 11.4 Å². The average molecular weight is 361 g/mol. The number of nitrogens with zero attached hydrogens (tertiary/aromatic N) is 1. The third-order valence-corrected chi connectivity index (χ3v) is 4.21. The Morgan fingerprint density at radius 2 is 1.52 bits per heavy atom. The summed E-state index contributed by atoms with van der Waals surface area (Å²) in [6, 6.07) is 19.0. The number of pyridine rings is 1. The van der Waals surface area contributed by atoms with E-state index in [4.69, 9.17) is 4.74 Å². The summed E-state index contributed by atoms with van der Waals surface area (Å²) < 4.78 is 5.11. The largest absolute Gasteiger partial charge is 0.497 e. The third-order valence-electron chi connectivity index (χ3n) is 4.21. The van der Waals surface area contributed by atoms with Gasteiger partial charge in [-0.2, -0.15) is 0 Å². The van der Waals surface area contributed by atoms with E-state index in [2.05, 4.69) is 41.6 Å². The van der Waals surface area contributed by atoms with Gasteiger partial charge in [0.15, 0.2) is 0 Å². The van der Waals surface area contributed by atoms with Crippen LogP contribution in [0.5, 0.6) is 5.75 Å². The number of carbonyl (C=O) groups excluding carboxylic acids is 1. The van der Waals surface area contributed by atoms with Gasteiger partial charge in [-0.3, -0.25) is 4.79 Å². The highest BCUT2D eigenvalue weighted by molar-refractivity contribution is 6.03. The van der Waals surface area contributed by atoms with Crippen LogP contribution in [0, 0.1) is 0 Å². The minimum atomic E-state index is -0.256. The molecule has 0 radical (unpaired) electrons. The Labute approximate surface area is 159 Å². The first kappa shape index (κ1) is 18.5. The molecule has 1 heterocycles. The van der Waals surface area contributed by atoms with Crippen LogP contribution in [0.25, 0.3) is 0 Å². The smallest absolute Gasteiger partial charge is 0.274 e. The summed E-state index contributed by atoms with van der Waals surface area (Å²) in [5.41, 5.74) is 4.15. The van der Waals surface area contributed by atoms with E-state index >= 15 is 0 Å². The summed E-state index contributed by atoms with van der Waals surface area (Å²) in [5, 5.41) is 6.11. The summed E-state index contributed by atoms with van der Waals surface area (Å²) in [7, 11) is 1.60. The first-order chi connectivity index (χ1) is 13.0. The molecule has 27 heavy (non-hydrogen) atoms. The predicted molar refractivity (Wildman–Crippen MR) is 109 cm³/mol. The number of rotatable bonds is 6. The molecule has 0 aliphatic heterocycles. The minimum Gasteiger partial charge on any atom is -0.497 e. The quantitative estimate of drug-likeness (QED) is 0.633. The number of nitrogens with one attached hydrogen (secondary N) is 2. The van der Waals surface area contributed by atoms with Crippen LogP contribution in [0.2, 0.25) is 0 Å². The van der Waals surface area contributed by atoms with Gasteiger partial charge < -0.3 is 15.4 Å². The fourth-order valence-electron chi connectivity index (χ4n) is 2.59. The van der Waals surface area contributed by atoms with Gasteiger partial charge >= 0.3 is 0 Å². The Morgan fingerprint density at radius 3 is 2.07 bits per heavy atom. The molecule has 2 aromatic carbocycles.